The van der Waals surface area contributed by atoms with Gasteiger partial charge in [-0.15, -0.1) is 0 Å². The van der Waals surface area contributed by atoms with E-state index in [1.165, 1.54) is 0 Å². The predicted molar refractivity (Wildman–Crippen MR) is 85.8 cm³/mol. The molecule has 0 saturated heterocycles. The van der Waals surface area contributed by atoms with Crippen molar-refractivity contribution in [3.05, 3.63) is 54.1 Å². The Hall–Kier alpha value is -2.69. The largest absolute Gasteiger partial charge is 0.493 e. The number of ether oxygens (including phenoxy) is 3. The number of carbonyl (C=O) groups is 1. The lowest BCUT2D eigenvalue weighted by molar-refractivity contribution is -0.121. The lowest BCUT2D eigenvalue weighted by atomic mass is 10.2. The molecule has 2 aromatic rings. The number of benzene rings is 2. The van der Waals surface area contributed by atoms with Gasteiger partial charge in [0, 0.05) is 6.54 Å². The van der Waals surface area contributed by atoms with Gasteiger partial charge in [-0.1, -0.05) is 24.3 Å². The monoisotopic (exact) mass is 313 g/mol. The van der Waals surface area contributed by atoms with Gasteiger partial charge in [-0.2, -0.15) is 0 Å². The molecular weight excluding hydrogens is 294 g/mol. The first-order valence-corrected chi connectivity index (χ1v) is 7.64. The molecule has 0 atom stereocenters. The molecule has 0 spiro atoms. The highest BCUT2D eigenvalue weighted by atomic mass is 16.6. The Kier molecular flexibility index (Phi) is 4.99. The topological polar surface area (TPSA) is 56.8 Å². The number of fused-ring (bicyclic) bond motifs is 1. The summed E-state index contributed by atoms with van der Waals surface area (Å²) < 4.78 is 16.5. The van der Waals surface area contributed by atoms with Gasteiger partial charge in [0.25, 0.3) is 0 Å². The SMILES string of the molecule is O=C(CCOc1ccccc1)NCc1ccc2c(c1)OCCO2. The molecule has 0 fully saturated rings. The summed E-state index contributed by atoms with van der Waals surface area (Å²) in [4.78, 5) is 11.8. The van der Waals surface area contributed by atoms with E-state index in [2.05, 4.69) is 5.32 Å². The minimum atomic E-state index is -0.0455. The fourth-order valence-electron chi connectivity index (χ4n) is 2.27. The Morgan fingerprint density at radius 3 is 2.65 bits per heavy atom. The zero-order chi connectivity index (χ0) is 15.9. The molecule has 23 heavy (non-hydrogen) atoms. The van der Waals surface area contributed by atoms with Gasteiger partial charge in [0.2, 0.25) is 5.91 Å². The third-order valence-electron chi connectivity index (χ3n) is 3.44. The minimum Gasteiger partial charge on any atom is -0.493 e. The van der Waals surface area contributed by atoms with Gasteiger partial charge in [0.15, 0.2) is 11.5 Å². The molecule has 5 heteroatoms. The van der Waals surface area contributed by atoms with Crippen molar-refractivity contribution in [3.8, 4) is 17.2 Å². The van der Waals surface area contributed by atoms with Crippen LogP contribution in [0, 0.1) is 0 Å². The van der Waals surface area contributed by atoms with Crippen molar-refractivity contribution in [2.75, 3.05) is 19.8 Å². The number of para-hydroxylation sites is 1. The van der Waals surface area contributed by atoms with E-state index in [0.717, 1.165) is 22.8 Å². The Bertz CT molecular complexity index is 657. The molecule has 1 aliphatic rings. The molecule has 0 saturated carbocycles. The minimum absolute atomic E-state index is 0.0455. The summed E-state index contributed by atoms with van der Waals surface area (Å²) in [5.74, 6) is 2.21. The maximum absolute atomic E-state index is 11.8. The summed E-state index contributed by atoms with van der Waals surface area (Å²) in [7, 11) is 0. The van der Waals surface area contributed by atoms with Crippen LogP contribution < -0.4 is 19.5 Å². The van der Waals surface area contributed by atoms with Gasteiger partial charge >= 0.3 is 0 Å². The molecule has 1 aliphatic heterocycles. The van der Waals surface area contributed by atoms with Crippen LogP contribution in [-0.2, 0) is 11.3 Å². The van der Waals surface area contributed by atoms with Gasteiger partial charge in [0.05, 0.1) is 13.0 Å². The molecular formula is C18H19NO4. The number of rotatable bonds is 6. The summed E-state index contributed by atoms with van der Waals surface area (Å²) in [6, 6.07) is 15.2. The normalized spacial score (nSPS) is 12.5. The lowest BCUT2D eigenvalue weighted by Crippen LogP contribution is -2.24. The number of carbonyl (C=O) groups excluding carboxylic acids is 1. The van der Waals surface area contributed by atoms with Crippen LogP contribution in [0.4, 0.5) is 0 Å². The third-order valence-corrected chi connectivity index (χ3v) is 3.44. The highest BCUT2D eigenvalue weighted by molar-refractivity contribution is 5.76. The third kappa shape index (κ3) is 4.39. The van der Waals surface area contributed by atoms with Gasteiger partial charge < -0.3 is 19.5 Å². The average Bonchev–Trinajstić information content (AvgIpc) is 2.61. The zero-order valence-electron chi connectivity index (χ0n) is 12.8. The molecule has 0 bridgehead atoms. The Labute approximate surface area is 135 Å². The average molecular weight is 313 g/mol. The lowest BCUT2D eigenvalue weighted by Gasteiger charge is -2.19. The highest BCUT2D eigenvalue weighted by Gasteiger charge is 2.12. The fraction of sp³-hybridized carbons (Fsp3) is 0.278. The van der Waals surface area contributed by atoms with E-state index >= 15 is 0 Å². The first-order valence-electron chi connectivity index (χ1n) is 7.64. The van der Waals surface area contributed by atoms with Gasteiger partial charge in [-0.05, 0) is 29.8 Å². The van der Waals surface area contributed by atoms with Gasteiger partial charge in [0.1, 0.15) is 19.0 Å². The second-order valence-corrected chi connectivity index (χ2v) is 5.17. The van der Waals surface area contributed by atoms with Gasteiger partial charge in [-0.3, -0.25) is 4.79 Å². The van der Waals surface area contributed by atoms with Crippen LogP contribution in [0.25, 0.3) is 0 Å². The van der Waals surface area contributed by atoms with Crippen LogP contribution in [-0.4, -0.2) is 25.7 Å². The quantitative estimate of drug-likeness (QED) is 0.890. The molecule has 0 aliphatic carbocycles. The highest BCUT2D eigenvalue weighted by Crippen LogP contribution is 2.30. The molecule has 1 heterocycles. The standard InChI is InChI=1S/C18H19NO4/c20-18(8-9-21-15-4-2-1-3-5-15)19-13-14-6-7-16-17(12-14)23-11-10-22-16/h1-7,12H,8-11,13H2,(H,19,20). The Balaban J connectivity index is 1.42. The molecule has 5 nitrogen and oxygen atoms in total. The van der Waals surface area contributed by atoms with Crippen molar-refractivity contribution >= 4 is 5.91 Å². The Morgan fingerprint density at radius 1 is 1.04 bits per heavy atom. The summed E-state index contributed by atoms with van der Waals surface area (Å²) in [5, 5.41) is 2.88. The predicted octanol–water partition coefficient (Wildman–Crippen LogP) is 2.54. The number of hydrogen-bond donors (Lipinski definition) is 1. The number of amides is 1. The van der Waals surface area contributed by atoms with Crippen LogP contribution in [0.5, 0.6) is 17.2 Å². The summed E-state index contributed by atoms with van der Waals surface area (Å²) in [6.07, 6.45) is 0.319. The van der Waals surface area contributed by atoms with E-state index in [-0.39, 0.29) is 5.91 Å². The van der Waals surface area contributed by atoms with E-state index in [1.54, 1.807) is 0 Å². The summed E-state index contributed by atoms with van der Waals surface area (Å²) >= 11 is 0. The first-order chi connectivity index (χ1) is 11.3. The summed E-state index contributed by atoms with van der Waals surface area (Å²) in [5.41, 5.74) is 0.978. The van der Waals surface area contributed by atoms with Crippen molar-refractivity contribution in [3.63, 3.8) is 0 Å². The number of hydrogen-bond acceptors (Lipinski definition) is 4. The second-order valence-electron chi connectivity index (χ2n) is 5.17. The smallest absolute Gasteiger partial charge is 0.223 e. The molecule has 0 radical (unpaired) electrons. The van der Waals surface area contributed by atoms with Crippen LogP contribution in [0.3, 0.4) is 0 Å². The van der Waals surface area contributed by atoms with Crippen LogP contribution in [0.2, 0.25) is 0 Å². The van der Waals surface area contributed by atoms with Crippen LogP contribution in [0.15, 0.2) is 48.5 Å². The van der Waals surface area contributed by atoms with E-state index in [4.69, 9.17) is 14.2 Å². The first kappa shape index (κ1) is 15.2. The zero-order valence-corrected chi connectivity index (χ0v) is 12.8. The van der Waals surface area contributed by atoms with Gasteiger partial charge in [-0.25, -0.2) is 0 Å². The van der Waals surface area contributed by atoms with E-state index in [0.29, 0.717) is 32.8 Å². The molecule has 120 valence electrons. The second kappa shape index (κ2) is 7.54. The maximum atomic E-state index is 11.8. The number of nitrogens with one attached hydrogen (secondary N) is 1. The van der Waals surface area contributed by atoms with Crippen molar-refractivity contribution in [2.45, 2.75) is 13.0 Å². The Morgan fingerprint density at radius 2 is 1.83 bits per heavy atom. The maximum Gasteiger partial charge on any atom is 0.223 e. The van der Waals surface area contributed by atoms with Crippen molar-refractivity contribution in [2.24, 2.45) is 0 Å². The van der Waals surface area contributed by atoms with E-state index in [1.807, 2.05) is 48.5 Å². The van der Waals surface area contributed by atoms with E-state index < -0.39 is 0 Å². The van der Waals surface area contributed by atoms with Crippen molar-refractivity contribution in [1.29, 1.82) is 0 Å². The van der Waals surface area contributed by atoms with Crippen LogP contribution >= 0.6 is 0 Å². The molecule has 0 aromatic heterocycles. The molecule has 2 aromatic carbocycles. The molecule has 3 rings (SSSR count). The molecule has 0 unspecified atom stereocenters. The fourth-order valence-corrected chi connectivity index (χ4v) is 2.27. The van der Waals surface area contributed by atoms with Crippen LogP contribution in [0.1, 0.15) is 12.0 Å². The molecule has 1 amide bonds. The van der Waals surface area contributed by atoms with Crippen molar-refractivity contribution < 1.29 is 19.0 Å². The summed E-state index contributed by atoms with van der Waals surface area (Å²) in [6.45, 7) is 1.95. The van der Waals surface area contributed by atoms with E-state index in [9.17, 15) is 4.79 Å². The molecule has 1 N–H and O–H groups in total. The van der Waals surface area contributed by atoms with Crippen molar-refractivity contribution in [1.82, 2.24) is 5.32 Å².